The molecule has 0 saturated heterocycles. The fourth-order valence-electron chi connectivity index (χ4n) is 3.64. The Morgan fingerprint density at radius 1 is 1.19 bits per heavy atom. The van der Waals surface area contributed by atoms with Crippen molar-refractivity contribution in [2.24, 2.45) is 0 Å². The van der Waals surface area contributed by atoms with Crippen LogP contribution in [0.3, 0.4) is 0 Å². The highest BCUT2D eigenvalue weighted by atomic mass is 16.1. The molecule has 0 aliphatic heterocycles. The number of nitrogens with zero attached hydrogens (tertiary/aromatic N) is 3. The molecule has 3 aromatic heterocycles. The van der Waals surface area contributed by atoms with Crippen LogP contribution in [0.4, 0.5) is 0 Å². The topological polar surface area (TPSA) is 79.4 Å². The van der Waals surface area contributed by atoms with E-state index in [-0.39, 0.29) is 5.56 Å². The molecule has 6 heteroatoms. The number of imidazole rings is 1. The number of aromatic amines is 2. The number of benzene rings is 1. The summed E-state index contributed by atoms with van der Waals surface area (Å²) in [5, 5.41) is 0. The van der Waals surface area contributed by atoms with Gasteiger partial charge in [-0.25, -0.2) is 9.97 Å². The van der Waals surface area contributed by atoms with Crippen LogP contribution >= 0.6 is 0 Å². The van der Waals surface area contributed by atoms with Gasteiger partial charge in [-0.3, -0.25) is 4.79 Å². The van der Waals surface area contributed by atoms with Crippen molar-refractivity contribution in [2.45, 2.75) is 45.6 Å². The minimum absolute atomic E-state index is 0.159. The van der Waals surface area contributed by atoms with Crippen molar-refractivity contribution in [3.05, 3.63) is 47.4 Å². The predicted octanol–water partition coefficient (Wildman–Crippen LogP) is 4.41. The van der Waals surface area contributed by atoms with E-state index >= 15 is 0 Å². The first-order chi connectivity index (χ1) is 12.7. The molecular weight excluding hydrogens is 326 g/mol. The summed E-state index contributed by atoms with van der Waals surface area (Å²) in [5.41, 5.74) is 5.07. The number of nitrogens with one attached hydrogen (secondary N) is 2. The molecule has 0 spiro atoms. The van der Waals surface area contributed by atoms with Crippen LogP contribution in [0.15, 0.2) is 41.8 Å². The van der Waals surface area contributed by atoms with Crippen molar-refractivity contribution in [1.82, 2.24) is 24.5 Å². The lowest BCUT2D eigenvalue weighted by Gasteiger charge is -2.17. The summed E-state index contributed by atoms with van der Waals surface area (Å²) >= 11 is 0. The summed E-state index contributed by atoms with van der Waals surface area (Å²) in [5.74, 6) is 0. The van der Waals surface area contributed by atoms with Gasteiger partial charge in [-0.05, 0) is 30.5 Å². The van der Waals surface area contributed by atoms with Crippen molar-refractivity contribution in [3.8, 4) is 11.1 Å². The molecule has 26 heavy (non-hydrogen) atoms. The van der Waals surface area contributed by atoms with Crippen molar-refractivity contribution < 1.29 is 0 Å². The predicted molar refractivity (Wildman–Crippen MR) is 104 cm³/mol. The molecule has 0 fully saturated rings. The molecule has 0 aliphatic carbocycles. The van der Waals surface area contributed by atoms with E-state index in [1.54, 1.807) is 0 Å². The van der Waals surface area contributed by atoms with Crippen LogP contribution in [0.5, 0.6) is 0 Å². The van der Waals surface area contributed by atoms with Crippen molar-refractivity contribution in [1.29, 1.82) is 0 Å². The SMILES string of the molecule is CCCCC(CC)n1cnc2cc(-c3c[nH]c4c(=O)[nH]cnc34)ccc21. The van der Waals surface area contributed by atoms with Gasteiger partial charge in [-0.15, -0.1) is 0 Å². The molecule has 1 aromatic carbocycles. The molecule has 3 heterocycles. The fraction of sp³-hybridized carbons (Fsp3) is 0.350. The van der Waals surface area contributed by atoms with E-state index < -0.39 is 0 Å². The molecule has 1 unspecified atom stereocenters. The second kappa shape index (κ2) is 6.78. The van der Waals surface area contributed by atoms with Crippen molar-refractivity contribution >= 4 is 22.1 Å². The Morgan fingerprint density at radius 2 is 2.08 bits per heavy atom. The Morgan fingerprint density at radius 3 is 2.88 bits per heavy atom. The zero-order valence-electron chi connectivity index (χ0n) is 15.1. The quantitative estimate of drug-likeness (QED) is 0.541. The molecule has 1 atom stereocenters. The number of rotatable bonds is 6. The van der Waals surface area contributed by atoms with Crippen molar-refractivity contribution in [3.63, 3.8) is 0 Å². The summed E-state index contributed by atoms with van der Waals surface area (Å²) in [7, 11) is 0. The smallest absolute Gasteiger partial charge is 0.275 e. The maximum absolute atomic E-state index is 11.9. The van der Waals surface area contributed by atoms with Gasteiger partial charge in [0.2, 0.25) is 0 Å². The van der Waals surface area contributed by atoms with Gasteiger partial charge >= 0.3 is 0 Å². The molecular formula is C20H23N5O. The molecule has 2 N–H and O–H groups in total. The molecule has 0 aliphatic rings. The van der Waals surface area contributed by atoms with Crippen molar-refractivity contribution in [2.75, 3.05) is 0 Å². The van der Waals surface area contributed by atoms with Gasteiger partial charge < -0.3 is 14.5 Å². The van der Waals surface area contributed by atoms with E-state index in [1.165, 1.54) is 25.6 Å². The highest BCUT2D eigenvalue weighted by molar-refractivity contribution is 5.94. The lowest BCUT2D eigenvalue weighted by atomic mass is 10.1. The number of H-pyrrole nitrogens is 2. The summed E-state index contributed by atoms with van der Waals surface area (Å²) in [6.07, 6.45) is 9.94. The zero-order chi connectivity index (χ0) is 18.1. The summed E-state index contributed by atoms with van der Waals surface area (Å²) in [4.78, 5) is 26.5. The maximum atomic E-state index is 11.9. The standard InChI is InChI=1S/C20H23N5O/c1-3-5-6-14(4-2)25-12-24-16-9-13(7-8-17(16)25)15-10-21-19-18(15)22-11-23-20(19)26/h7-12,14,21H,3-6H2,1-2H3,(H,22,23,26). The molecule has 0 bridgehead atoms. The Labute approximate surface area is 151 Å². The number of unbranched alkanes of at least 4 members (excludes halogenated alkanes) is 1. The van der Waals surface area contributed by atoms with Crippen LogP contribution < -0.4 is 5.56 Å². The molecule has 0 radical (unpaired) electrons. The Bertz CT molecular complexity index is 1100. The number of hydrogen-bond donors (Lipinski definition) is 2. The van der Waals surface area contributed by atoms with Gasteiger partial charge in [0.25, 0.3) is 5.56 Å². The largest absolute Gasteiger partial charge is 0.355 e. The number of aromatic nitrogens is 5. The Hall–Kier alpha value is -2.89. The zero-order valence-corrected chi connectivity index (χ0v) is 15.1. The van der Waals surface area contributed by atoms with Crippen LogP contribution in [0.25, 0.3) is 33.2 Å². The third-order valence-corrected chi connectivity index (χ3v) is 5.11. The average Bonchev–Trinajstić information content (AvgIpc) is 3.27. The maximum Gasteiger partial charge on any atom is 0.275 e. The van der Waals surface area contributed by atoms with Gasteiger partial charge in [0.1, 0.15) is 11.0 Å². The lowest BCUT2D eigenvalue weighted by molar-refractivity contribution is 0.446. The summed E-state index contributed by atoms with van der Waals surface area (Å²) in [6.45, 7) is 4.46. The third-order valence-electron chi connectivity index (χ3n) is 5.11. The first-order valence-corrected chi connectivity index (χ1v) is 9.24. The summed E-state index contributed by atoms with van der Waals surface area (Å²) in [6, 6.07) is 6.76. The van der Waals surface area contributed by atoms with Gasteiger partial charge in [-0.2, -0.15) is 0 Å². The second-order valence-electron chi connectivity index (χ2n) is 6.72. The summed E-state index contributed by atoms with van der Waals surface area (Å²) < 4.78 is 2.30. The van der Waals surface area contributed by atoms with E-state index in [4.69, 9.17) is 0 Å². The highest BCUT2D eigenvalue weighted by Gasteiger charge is 2.14. The molecule has 134 valence electrons. The highest BCUT2D eigenvalue weighted by Crippen LogP contribution is 2.30. The van der Waals surface area contributed by atoms with Crippen LogP contribution in [0.1, 0.15) is 45.6 Å². The van der Waals surface area contributed by atoms with Gasteiger partial charge in [0.15, 0.2) is 0 Å². The molecule has 4 rings (SSSR count). The van der Waals surface area contributed by atoms with Gasteiger partial charge in [-0.1, -0.05) is 32.8 Å². The lowest BCUT2D eigenvalue weighted by Crippen LogP contribution is -2.06. The second-order valence-corrected chi connectivity index (χ2v) is 6.72. The van der Waals surface area contributed by atoms with Gasteiger partial charge in [0, 0.05) is 17.8 Å². The number of hydrogen-bond acceptors (Lipinski definition) is 3. The van der Waals surface area contributed by atoms with Crippen LogP contribution in [-0.4, -0.2) is 24.5 Å². The van der Waals surface area contributed by atoms with E-state index in [0.29, 0.717) is 17.1 Å². The third kappa shape index (κ3) is 2.71. The average molecular weight is 349 g/mol. The first kappa shape index (κ1) is 16.6. The van der Waals surface area contributed by atoms with Crippen LogP contribution in [0.2, 0.25) is 0 Å². The van der Waals surface area contributed by atoms with E-state index in [9.17, 15) is 4.79 Å². The van der Waals surface area contributed by atoms with E-state index in [0.717, 1.165) is 28.6 Å². The van der Waals surface area contributed by atoms with E-state index in [2.05, 4.69) is 56.5 Å². The minimum atomic E-state index is -0.159. The normalized spacial score (nSPS) is 12.8. The van der Waals surface area contributed by atoms with Gasteiger partial charge in [0.05, 0.1) is 23.7 Å². The molecule has 0 saturated carbocycles. The van der Waals surface area contributed by atoms with Crippen LogP contribution in [0, 0.1) is 0 Å². The minimum Gasteiger partial charge on any atom is -0.355 e. The Balaban J connectivity index is 1.77. The molecule has 6 nitrogen and oxygen atoms in total. The van der Waals surface area contributed by atoms with Crippen LogP contribution in [-0.2, 0) is 0 Å². The number of fused-ring (bicyclic) bond motifs is 2. The molecule has 0 amide bonds. The molecule has 4 aromatic rings. The van der Waals surface area contributed by atoms with E-state index in [1.807, 2.05) is 12.5 Å². The monoisotopic (exact) mass is 349 g/mol. The Kier molecular flexibility index (Phi) is 4.32. The first-order valence-electron chi connectivity index (χ1n) is 9.24. The fourth-order valence-corrected chi connectivity index (χ4v) is 3.64.